The molecule has 0 atom stereocenters. The highest BCUT2D eigenvalue weighted by Crippen LogP contribution is 2.24. The maximum atomic E-state index is 11.3. The summed E-state index contributed by atoms with van der Waals surface area (Å²) in [5, 5.41) is 0.539. The molecule has 0 aliphatic carbocycles. The topological polar surface area (TPSA) is 17.1 Å². The van der Waals surface area contributed by atoms with E-state index in [2.05, 4.69) is 15.9 Å². The molecule has 1 rings (SSSR count). The Balaban J connectivity index is 3.04. The Kier molecular flexibility index (Phi) is 4.05. The smallest absolute Gasteiger partial charge is 0.195 e. The van der Waals surface area contributed by atoms with E-state index in [1.165, 1.54) is 0 Å². The summed E-state index contributed by atoms with van der Waals surface area (Å²) in [7, 11) is 0. The molecule has 13 heavy (non-hydrogen) atoms. The number of hydrogen-bond acceptors (Lipinski definition) is 1. The average Bonchev–Trinajstić information content (AvgIpc) is 2.08. The second kappa shape index (κ2) is 4.65. The van der Waals surface area contributed by atoms with Crippen molar-refractivity contribution in [3.05, 3.63) is 33.3 Å². The maximum Gasteiger partial charge on any atom is 0.195 e. The molecule has 1 aromatic carbocycles. The Morgan fingerprint density at radius 2 is 2.00 bits per heavy atom. The quantitative estimate of drug-likeness (QED) is 0.594. The Bertz CT molecular complexity index is 338. The molecular formula is C8H4BrCl3O. The van der Waals surface area contributed by atoms with Gasteiger partial charge in [0, 0.05) is 10.0 Å². The maximum absolute atomic E-state index is 11.3. The number of ketones is 1. The molecule has 0 saturated heterocycles. The molecule has 0 saturated carbocycles. The largest absolute Gasteiger partial charge is 0.291 e. The van der Waals surface area contributed by atoms with Crippen LogP contribution in [0.2, 0.25) is 5.02 Å². The number of hydrogen-bond donors (Lipinski definition) is 0. The SMILES string of the molecule is O=C(c1ccc(Cl)c(Br)c1)C(Cl)Cl. The molecule has 0 heterocycles. The van der Waals surface area contributed by atoms with Crippen LogP contribution in [0.15, 0.2) is 22.7 Å². The van der Waals surface area contributed by atoms with Gasteiger partial charge in [-0.3, -0.25) is 4.79 Å². The zero-order chi connectivity index (χ0) is 10.0. The van der Waals surface area contributed by atoms with Gasteiger partial charge in [0.05, 0.1) is 5.02 Å². The highest BCUT2D eigenvalue weighted by Gasteiger charge is 2.14. The summed E-state index contributed by atoms with van der Waals surface area (Å²) in [6.07, 6.45) is 0. The predicted octanol–water partition coefficient (Wildman–Crippen LogP) is 4.09. The molecule has 0 aromatic heterocycles. The summed E-state index contributed by atoms with van der Waals surface area (Å²) in [4.78, 5) is 10.2. The fourth-order valence-corrected chi connectivity index (χ4v) is 1.52. The van der Waals surface area contributed by atoms with Crippen molar-refractivity contribution in [1.29, 1.82) is 0 Å². The van der Waals surface area contributed by atoms with Crippen LogP contribution in [-0.2, 0) is 0 Å². The van der Waals surface area contributed by atoms with Crippen molar-refractivity contribution in [3.8, 4) is 0 Å². The minimum absolute atomic E-state index is 0.333. The fourth-order valence-electron chi connectivity index (χ4n) is 0.775. The number of Topliss-reactive ketones (excluding diaryl/α,β-unsaturated/α-hetero) is 1. The molecule has 0 N–H and O–H groups in total. The summed E-state index contributed by atoms with van der Waals surface area (Å²) >= 11 is 19.8. The van der Waals surface area contributed by atoms with Gasteiger partial charge in [-0.15, -0.1) is 0 Å². The standard InChI is InChI=1S/C8H4BrCl3O/c9-5-3-4(1-2-6(5)10)7(13)8(11)12/h1-3,8H. The first-order chi connectivity index (χ1) is 6.02. The zero-order valence-corrected chi connectivity index (χ0v) is 10.1. The van der Waals surface area contributed by atoms with E-state index in [-0.39, 0.29) is 5.78 Å². The lowest BCUT2D eigenvalue weighted by atomic mass is 10.1. The molecule has 1 aromatic rings. The Morgan fingerprint density at radius 3 is 2.46 bits per heavy atom. The van der Waals surface area contributed by atoms with Gasteiger partial charge in [-0.05, 0) is 34.1 Å². The average molecular weight is 302 g/mol. The minimum atomic E-state index is -1.03. The first-order valence-corrected chi connectivity index (χ1v) is 5.34. The lowest BCUT2D eigenvalue weighted by molar-refractivity contribution is 0.101. The Hall–Kier alpha value is 0.240. The third kappa shape index (κ3) is 2.84. The van der Waals surface area contributed by atoms with Crippen molar-refractivity contribution < 1.29 is 4.79 Å². The second-order valence-electron chi connectivity index (χ2n) is 2.29. The summed E-state index contributed by atoms with van der Waals surface area (Å²) < 4.78 is 0.647. The van der Waals surface area contributed by atoms with Gasteiger partial charge in [0.25, 0.3) is 0 Å². The third-order valence-electron chi connectivity index (χ3n) is 1.40. The van der Waals surface area contributed by atoms with E-state index >= 15 is 0 Å². The molecule has 0 amide bonds. The molecule has 0 fully saturated rings. The van der Waals surface area contributed by atoms with Gasteiger partial charge in [-0.2, -0.15) is 0 Å². The van der Waals surface area contributed by atoms with Crippen LogP contribution in [0.25, 0.3) is 0 Å². The van der Waals surface area contributed by atoms with Crippen LogP contribution in [0.1, 0.15) is 10.4 Å². The number of benzene rings is 1. The highest BCUT2D eigenvalue weighted by atomic mass is 79.9. The van der Waals surface area contributed by atoms with Gasteiger partial charge in [0.2, 0.25) is 0 Å². The van der Waals surface area contributed by atoms with E-state index in [1.807, 2.05) is 0 Å². The second-order valence-corrected chi connectivity index (χ2v) is 4.65. The molecule has 0 aliphatic rings. The first kappa shape index (κ1) is 11.3. The number of rotatable bonds is 2. The highest BCUT2D eigenvalue weighted by molar-refractivity contribution is 9.10. The first-order valence-electron chi connectivity index (χ1n) is 3.30. The van der Waals surface area contributed by atoms with Crippen molar-refractivity contribution in [2.75, 3.05) is 0 Å². The van der Waals surface area contributed by atoms with E-state index in [0.29, 0.717) is 15.1 Å². The summed E-state index contributed by atoms with van der Waals surface area (Å²) in [6, 6.07) is 4.77. The van der Waals surface area contributed by atoms with Gasteiger partial charge in [0.15, 0.2) is 10.6 Å². The monoisotopic (exact) mass is 300 g/mol. The Morgan fingerprint density at radius 1 is 1.38 bits per heavy atom. The summed E-state index contributed by atoms with van der Waals surface area (Å²) in [6.45, 7) is 0. The Labute approximate surface area is 99.1 Å². The van der Waals surface area contributed by atoms with Crippen molar-refractivity contribution >= 4 is 56.5 Å². The van der Waals surface area contributed by atoms with Crippen LogP contribution < -0.4 is 0 Å². The lowest BCUT2D eigenvalue weighted by Crippen LogP contribution is -2.07. The van der Waals surface area contributed by atoms with Crippen LogP contribution in [0, 0.1) is 0 Å². The van der Waals surface area contributed by atoms with E-state index < -0.39 is 4.84 Å². The predicted molar refractivity (Wildman–Crippen MR) is 59.0 cm³/mol. The summed E-state index contributed by atoms with van der Waals surface area (Å²) in [5.74, 6) is -0.333. The van der Waals surface area contributed by atoms with Crippen LogP contribution in [0.5, 0.6) is 0 Å². The molecule has 0 radical (unpaired) electrons. The van der Waals surface area contributed by atoms with E-state index in [9.17, 15) is 4.79 Å². The van der Waals surface area contributed by atoms with Gasteiger partial charge < -0.3 is 0 Å². The number of carbonyl (C=O) groups excluding carboxylic acids is 1. The van der Waals surface area contributed by atoms with Crippen LogP contribution >= 0.6 is 50.7 Å². The van der Waals surface area contributed by atoms with Gasteiger partial charge >= 0.3 is 0 Å². The lowest BCUT2D eigenvalue weighted by Gasteiger charge is -2.02. The third-order valence-corrected chi connectivity index (χ3v) is 3.01. The van der Waals surface area contributed by atoms with Crippen molar-refractivity contribution in [3.63, 3.8) is 0 Å². The zero-order valence-electron chi connectivity index (χ0n) is 6.23. The number of alkyl halides is 2. The fraction of sp³-hybridized carbons (Fsp3) is 0.125. The molecule has 5 heteroatoms. The molecule has 70 valence electrons. The normalized spacial score (nSPS) is 10.5. The minimum Gasteiger partial charge on any atom is -0.291 e. The van der Waals surface area contributed by atoms with Gasteiger partial charge in [-0.25, -0.2) is 0 Å². The van der Waals surface area contributed by atoms with Crippen molar-refractivity contribution in [2.45, 2.75) is 4.84 Å². The van der Waals surface area contributed by atoms with Crippen LogP contribution in [-0.4, -0.2) is 10.6 Å². The molecule has 0 unspecified atom stereocenters. The molecular weight excluding hydrogens is 298 g/mol. The molecule has 0 aliphatic heterocycles. The number of halogens is 4. The van der Waals surface area contributed by atoms with Gasteiger partial charge in [-0.1, -0.05) is 34.8 Å². The van der Waals surface area contributed by atoms with E-state index in [1.54, 1.807) is 18.2 Å². The molecule has 0 bridgehead atoms. The molecule has 1 nitrogen and oxygen atoms in total. The van der Waals surface area contributed by atoms with Crippen molar-refractivity contribution in [2.24, 2.45) is 0 Å². The van der Waals surface area contributed by atoms with E-state index in [4.69, 9.17) is 34.8 Å². The summed E-state index contributed by atoms with van der Waals surface area (Å²) in [5.41, 5.74) is 0.436. The molecule has 0 spiro atoms. The number of carbonyl (C=O) groups is 1. The van der Waals surface area contributed by atoms with Crippen LogP contribution in [0.3, 0.4) is 0 Å². The van der Waals surface area contributed by atoms with Gasteiger partial charge in [0.1, 0.15) is 0 Å². The van der Waals surface area contributed by atoms with Crippen molar-refractivity contribution in [1.82, 2.24) is 0 Å². The van der Waals surface area contributed by atoms with E-state index in [0.717, 1.165) is 0 Å². The van der Waals surface area contributed by atoms with Crippen LogP contribution in [0.4, 0.5) is 0 Å².